The van der Waals surface area contributed by atoms with Crippen LogP contribution in [-0.2, 0) is 0 Å². The van der Waals surface area contributed by atoms with Crippen LogP contribution in [0.1, 0.15) is 33.1 Å². The fourth-order valence-electron chi connectivity index (χ4n) is 2.44. The Balaban J connectivity index is 2.15. The van der Waals surface area contributed by atoms with Crippen LogP contribution >= 0.6 is 15.9 Å². The SMILES string of the molecule is CC1(C)CCC(Nc2c(F)cc(Br)cc2F)C1. The molecule has 0 amide bonds. The topological polar surface area (TPSA) is 12.0 Å². The molecule has 0 spiro atoms. The van der Waals surface area contributed by atoms with Crippen LogP contribution in [-0.4, -0.2) is 6.04 Å². The van der Waals surface area contributed by atoms with E-state index in [9.17, 15) is 8.78 Å². The summed E-state index contributed by atoms with van der Waals surface area (Å²) in [6.07, 6.45) is 2.99. The molecule has 1 unspecified atom stereocenters. The minimum absolute atomic E-state index is 0.00380. The van der Waals surface area contributed by atoms with Gasteiger partial charge in [-0.05, 0) is 36.8 Å². The van der Waals surface area contributed by atoms with Crippen molar-refractivity contribution in [3.05, 3.63) is 28.2 Å². The highest BCUT2D eigenvalue weighted by atomic mass is 79.9. The third-order valence-electron chi connectivity index (χ3n) is 3.32. The lowest BCUT2D eigenvalue weighted by atomic mass is 9.92. The standard InChI is InChI=1S/C13H16BrF2N/c1-13(2)4-3-9(7-13)17-12-10(15)5-8(14)6-11(12)16/h5-6,9,17H,3-4,7H2,1-2H3. The Hall–Kier alpha value is -0.640. The molecule has 0 aromatic heterocycles. The summed E-state index contributed by atoms with van der Waals surface area (Å²) in [6, 6.07) is 2.73. The smallest absolute Gasteiger partial charge is 0.150 e. The summed E-state index contributed by atoms with van der Waals surface area (Å²) in [7, 11) is 0. The van der Waals surface area contributed by atoms with Gasteiger partial charge in [0.1, 0.15) is 17.3 Å². The second kappa shape index (κ2) is 4.56. The van der Waals surface area contributed by atoms with Crippen LogP contribution in [0.3, 0.4) is 0 Å². The van der Waals surface area contributed by atoms with Crippen LogP contribution in [0, 0.1) is 17.0 Å². The summed E-state index contributed by atoms with van der Waals surface area (Å²) in [6.45, 7) is 4.37. The van der Waals surface area contributed by atoms with E-state index in [2.05, 4.69) is 35.1 Å². The van der Waals surface area contributed by atoms with Crippen LogP contribution in [0.5, 0.6) is 0 Å². The molecule has 1 atom stereocenters. The van der Waals surface area contributed by atoms with Gasteiger partial charge in [0.2, 0.25) is 0 Å². The molecule has 94 valence electrons. The summed E-state index contributed by atoms with van der Waals surface area (Å²) >= 11 is 3.07. The summed E-state index contributed by atoms with van der Waals surface area (Å²) < 4.78 is 27.7. The van der Waals surface area contributed by atoms with Gasteiger partial charge in [0.05, 0.1) is 0 Å². The predicted molar refractivity (Wildman–Crippen MR) is 69.1 cm³/mol. The van der Waals surface area contributed by atoms with Crippen molar-refractivity contribution in [2.45, 2.75) is 39.2 Å². The molecule has 1 fully saturated rings. The van der Waals surface area contributed by atoms with Crippen LogP contribution < -0.4 is 5.32 Å². The lowest BCUT2D eigenvalue weighted by molar-refractivity contribution is 0.378. The second-order valence-corrected chi connectivity index (χ2v) is 6.41. The van der Waals surface area contributed by atoms with E-state index in [-0.39, 0.29) is 17.1 Å². The maximum Gasteiger partial charge on any atom is 0.150 e. The molecule has 0 heterocycles. The highest BCUT2D eigenvalue weighted by molar-refractivity contribution is 9.10. The van der Waals surface area contributed by atoms with Crippen molar-refractivity contribution in [3.63, 3.8) is 0 Å². The number of rotatable bonds is 2. The quantitative estimate of drug-likeness (QED) is 0.834. The highest BCUT2D eigenvalue weighted by Crippen LogP contribution is 2.39. The molecule has 1 aromatic rings. The Morgan fingerprint density at radius 2 is 1.88 bits per heavy atom. The fourth-order valence-corrected chi connectivity index (χ4v) is 2.85. The molecular formula is C13H16BrF2N. The Bertz CT molecular complexity index is 408. The van der Waals surface area contributed by atoms with Gasteiger partial charge in [0, 0.05) is 10.5 Å². The molecule has 1 aliphatic carbocycles. The number of anilines is 1. The molecule has 1 saturated carbocycles. The van der Waals surface area contributed by atoms with Gasteiger partial charge in [-0.1, -0.05) is 29.8 Å². The molecule has 2 rings (SSSR count). The Labute approximate surface area is 109 Å². The summed E-state index contributed by atoms with van der Waals surface area (Å²) in [4.78, 5) is 0. The van der Waals surface area contributed by atoms with Crippen LogP contribution in [0.15, 0.2) is 16.6 Å². The zero-order valence-corrected chi connectivity index (χ0v) is 11.6. The minimum Gasteiger partial charge on any atom is -0.378 e. The lowest BCUT2D eigenvalue weighted by Gasteiger charge is -2.19. The molecule has 0 radical (unpaired) electrons. The van der Waals surface area contributed by atoms with Gasteiger partial charge in [-0.25, -0.2) is 8.78 Å². The molecule has 1 aromatic carbocycles. The predicted octanol–water partition coefficient (Wildman–Crippen LogP) is 4.72. The summed E-state index contributed by atoms with van der Waals surface area (Å²) in [5.74, 6) is -1.08. The Kier molecular flexibility index (Phi) is 3.43. The maximum atomic E-state index is 13.6. The Morgan fingerprint density at radius 1 is 1.29 bits per heavy atom. The molecule has 4 heteroatoms. The van der Waals surface area contributed by atoms with E-state index < -0.39 is 11.6 Å². The van der Waals surface area contributed by atoms with Crippen molar-refractivity contribution in [2.24, 2.45) is 5.41 Å². The first-order valence-corrected chi connectivity index (χ1v) is 6.58. The van der Waals surface area contributed by atoms with Gasteiger partial charge >= 0.3 is 0 Å². The molecular weight excluding hydrogens is 288 g/mol. The largest absolute Gasteiger partial charge is 0.378 e. The van der Waals surface area contributed by atoms with E-state index >= 15 is 0 Å². The zero-order valence-electron chi connectivity index (χ0n) is 9.99. The minimum atomic E-state index is -0.540. The van der Waals surface area contributed by atoms with Gasteiger partial charge < -0.3 is 5.32 Å². The molecule has 0 bridgehead atoms. The average Bonchev–Trinajstić information content (AvgIpc) is 2.52. The number of hydrogen-bond acceptors (Lipinski definition) is 1. The number of nitrogens with one attached hydrogen (secondary N) is 1. The van der Waals surface area contributed by atoms with Crippen LogP contribution in [0.25, 0.3) is 0 Å². The van der Waals surface area contributed by atoms with Gasteiger partial charge in [-0.15, -0.1) is 0 Å². The fraction of sp³-hybridized carbons (Fsp3) is 0.538. The summed E-state index contributed by atoms with van der Waals surface area (Å²) in [5, 5.41) is 2.99. The van der Waals surface area contributed by atoms with Crippen molar-refractivity contribution in [2.75, 3.05) is 5.32 Å². The van der Waals surface area contributed by atoms with E-state index in [1.54, 1.807) is 0 Å². The molecule has 0 aliphatic heterocycles. The first-order chi connectivity index (χ1) is 7.87. The van der Waals surface area contributed by atoms with Gasteiger partial charge in [-0.2, -0.15) is 0 Å². The van der Waals surface area contributed by atoms with Gasteiger partial charge in [-0.3, -0.25) is 0 Å². The van der Waals surface area contributed by atoms with E-state index in [4.69, 9.17) is 0 Å². The number of hydrogen-bond donors (Lipinski definition) is 1. The molecule has 1 aliphatic rings. The van der Waals surface area contributed by atoms with E-state index in [1.807, 2.05) is 0 Å². The van der Waals surface area contributed by atoms with Crippen LogP contribution in [0.4, 0.5) is 14.5 Å². The van der Waals surface area contributed by atoms with Crippen molar-refractivity contribution in [1.29, 1.82) is 0 Å². The van der Waals surface area contributed by atoms with Crippen LogP contribution in [0.2, 0.25) is 0 Å². The van der Waals surface area contributed by atoms with Crippen molar-refractivity contribution < 1.29 is 8.78 Å². The number of benzene rings is 1. The van der Waals surface area contributed by atoms with Crippen molar-refractivity contribution in [3.8, 4) is 0 Å². The molecule has 0 saturated heterocycles. The van der Waals surface area contributed by atoms with Crippen molar-refractivity contribution in [1.82, 2.24) is 0 Å². The van der Waals surface area contributed by atoms with Gasteiger partial charge in [0.25, 0.3) is 0 Å². The van der Waals surface area contributed by atoms with Gasteiger partial charge in [0.15, 0.2) is 0 Å². The third-order valence-corrected chi connectivity index (χ3v) is 3.78. The maximum absolute atomic E-state index is 13.6. The summed E-state index contributed by atoms with van der Waals surface area (Å²) in [5.41, 5.74) is 0.260. The second-order valence-electron chi connectivity index (χ2n) is 5.49. The van der Waals surface area contributed by atoms with E-state index in [0.29, 0.717) is 4.47 Å². The first kappa shape index (κ1) is 12.8. The lowest BCUT2D eigenvalue weighted by Crippen LogP contribution is -2.19. The first-order valence-electron chi connectivity index (χ1n) is 5.78. The number of halogens is 3. The van der Waals surface area contributed by atoms with E-state index in [1.165, 1.54) is 12.1 Å². The van der Waals surface area contributed by atoms with Crippen molar-refractivity contribution >= 4 is 21.6 Å². The molecule has 17 heavy (non-hydrogen) atoms. The Morgan fingerprint density at radius 3 is 2.35 bits per heavy atom. The normalized spacial score (nSPS) is 22.8. The third kappa shape index (κ3) is 2.97. The highest BCUT2D eigenvalue weighted by Gasteiger charge is 2.31. The molecule has 1 nitrogen and oxygen atoms in total. The molecule has 1 N–H and O–H groups in total. The van der Waals surface area contributed by atoms with E-state index in [0.717, 1.165) is 19.3 Å². The monoisotopic (exact) mass is 303 g/mol. The average molecular weight is 304 g/mol. The zero-order chi connectivity index (χ0) is 12.6.